The number of phosphoric acid groups is 2. The predicted molar refractivity (Wildman–Crippen MR) is 91.8 cm³/mol. The van der Waals surface area contributed by atoms with E-state index in [0.29, 0.717) is 11.2 Å². The molecule has 2 saturated heterocycles. The maximum atomic E-state index is 11.7. The van der Waals surface area contributed by atoms with Gasteiger partial charge in [-0.15, -0.1) is 0 Å². The summed E-state index contributed by atoms with van der Waals surface area (Å²) in [7, 11) is -10.3. The highest BCUT2D eigenvalue weighted by atomic mass is 31.3. The number of ether oxygens (including phenoxy) is 3. The molecule has 29 heavy (non-hydrogen) atoms. The third-order valence-electron chi connectivity index (χ3n) is 4.26. The van der Waals surface area contributed by atoms with Gasteiger partial charge >= 0.3 is 15.6 Å². The standard InChI is InChI=1S/C12H17N5O10P2/c1-5-24-8-6(2-23-29(21,22)27-28(18,19)20)26-12(9(8)25-5)17-4-16-7-10(13)14-3-15-11(7)17/h3-6,8-9,12H,2H2,1H3,(H,21,22)(H2,13,14,15)(H2,18,19,20). The van der Waals surface area contributed by atoms with Crippen LogP contribution >= 0.6 is 15.6 Å². The number of rotatable bonds is 6. The SMILES string of the molecule is CC1OC2C(COP(=O)(O)OP(=O)(O)O)OC(n3cnc4c(N)ncnc43)C2O1. The van der Waals surface area contributed by atoms with Crippen molar-refractivity contribution < 1.29 is 46.9 Å². The van der Waals surface area contributed by atoms with Crippen molar-refractivity contribution in [1.82, 2.24) is 19.5 Å². The van der Waals surface area contributed by atoms with Crippen molar-refractivity contribution in [2.24, 2.45) is 0 Å². The molecule has 2 fully saturated rings. The Balaban J connectivity index is 1.56. The van der Waals surface area contributed by atoms with Crippen LogP contribution in [0.3, 0.4) is 0 Å². The molecule has 160 valence electrons. The number of nitrogens with zero attached hydrogens (tertiary/aromatic N) is 4. The Kier molecular flexibility index (Phi) is 5.24. The number of hydrogen-bond acceptors (Lipinski definition) is 11. The molecule has 0 aliphatic carbocycles. The molecule has 2 aliphatic heterocycles. The molecule has 5 N–H and O–H groups in total. The van der Waals surface area contributed by atoms with Crippen LogP contribution in [-0.4, -0.2) is 65.4 Å². The number of nitrogen functional groups attached to an aromatic ring is 1. The lowest BCUT2D eigenvalue weighted by Gasteiger charge is -2.20. The predicted octanol–water partition coefficient (Wildman–Crippen LogP) is -0.338. The van der Waals surface area contributed by atoms with Gasteiger partial charge in [0.2, 0.25) is 0 Å². The van der Waals surface area contributed by atoms with Gasteiger partial charge in [0, 0.05) is 0 Å². The topological polar surface area (TPSA) is 211 Å². The van der Waals surface area contributed by atoms with Gasteiger partial charge in [0.1, 0.15) is 30.2 Å². The average molecular weight is 453 g/mol. The van der Waals surface area contributed by atoms with E-state index in [2.05, 4.69) is 23.8 Å². The van der Waals surface area contributed by atoms with Gasteiger partial charge in [-0.05, 0) is 6.92 Å². The number of fused-ring (bicyclic) bond motifs is 2. The number of nitrogens with two attached hydrogens (primary N) is 1. The lowest BCUT2D eigenvalue weighted by Crippen LogP contribution is -2.31. The first-order valence-electron chi connectivity index (χ1n) is 8.18. The number of phosphoric ester groups is 1. The Morgan fingerprint density at radius 1 is 1.17 bits per heavy atom. The highest BCUT2D eigenvalue weighted by Crippen LogP contribution is 2.58. The Labute approximate surface area is 162 Å². The van der Waals surface area contributed by atoms with Crippen molar-refractivity contribution >= 4 is 32.6 Å². The minimum absolute atomic E-state index is 0.177. The van der Waals surface area contributed by atoms with E-state index in [0.717, 1.165) is 0 Å². The van der Waals surface area contributed by atoms with Crippen molar-refractivity contribution in [1.29, 1.82) is 0 Å². The third kappa shape index (κ3) is 4.20. The lowest BCUT2D eigenvalue weighted by molar-refractivity contribution is -0.142. The maximum Gasteiger partial charge on any atom is 0.481 e. The summed E-state index contributed by atoms with van der Waals surface area (Å²) in [6.45, 7) is 1.10. The molecule has 4 heterocycles. The molecule has 2 aromatic heterocycles. The summed E-state index contributed by atoms with van der Waals surface area (Å²) in [5, 5.41) is 0. The summed E-state index contributed by atoms with van der Waals surface area (Å²) in [6.07, 6.45) is -0.971. The molecule has 0 amide bonds. The molecule has 0 saturated carbocycles. The smallest absolute Gasteiger partial charge is 0.382 e. The van der Waals surface area contributed by atoms with Crippen LogP contribution in [0.5, 0.6) is 0 Å². The Morgan fingerprint density at radius 2 is 1.90 bits per heavy atom. The summed E-state index contributed by atoms with van der Waals surface area (Å²) in [5.74, 6) is 0.177. The van der Waals surface area contributed by atoms with Crippen LogP contribution in [0.1, 0.15) is 13.2 Å². The van der Waals surface area contributed by atoms with Crippen LogP contribution in [0, 0.1) is 0 Å². The number of hydrogen-bond donors (Lipinski definition) is 4. The molecular weight excluding hydrogens is 436 g/mol. The zero-order valence-corrected chi connectivity index (χ0v) is 16.5. The van der Waals surface area contributed by atoms with Crippen LogP contribution < -0.4 is 5.73 Å². The minimum atomic E-state index is -5.24. The van der Waals surface area contributed by atoms with E-state index >= 15 is 0 Å². The monoisotopic (exact) mass is 453 g/mol. The van der Waals surface area contributed by atoms with Gasteiger partial charge in [-0.1, -0.05) is 0 Å². The molecule has 0 radical (unpaired) electrons. The second-order valence-electron chi connectivity index (χ2n) is 6.25. The van der Waals surface area contributed by atoms with Crippen molar-refractivity contribution in [3.63, 3.8) is 0 Å². The molecule has 17 heteroatoms. The zero-order chi connectivity index (χ0) is 21.0. The molecule has 6 unspecified atom stereocenters. The van der Waals surface area contributed by atoms with Crippen molar-refractivity contribution in [3.05, 3.63) is 12.7 Å². The van der Waals surface area contributed by atoms with Crippen LogP contribution in [0.4, 0.5) is 5.82 Å². The van der Waals surface area contributed by atoms with Crippen LogP contribution in [0.2, 0.25) is 0 Å². The van der Waals surface area contributed by atoms with Gasteiger partial charge in [-0.25, -0.2) is 24.1 Å². The number of anilines is 1. The zero-order valence-electron chi connectivity index (χ0n) is 14.7. The number of imidazole rings is 1. The van der Waals surface area contributed by atoms with E-state index in [-0.39, 0.29) is 5.82 Å². The summed E-state index contributed by atoms with van der Waals surface area (Å²) >= 11 is 0. The first-order valence-corrected chi connectivity index (χ1v) is 11.2. The Hall–Kier alpha value is -1.51. The van der Waals surface area contributed by atoms with E-state index < -0.39 is 53.1 Å². The summed E-state index contributed by atoms with van der Waals surface area (Å²) < 4.78 is 49.7. The van der Waals surface area contributed by atoms with Gasteiger partial charge in [-0.3, -0.25) is 9.09 Å². The van der Waals surface area contributed by atoms with Crippen molar-refractivity contribution in [3.8, 4) is 0 Å². The highest BCUT2D eigenvalue weighted by molar-refractivity contribution is 7.60. The largest absolute Gasteiger partial charge is 0.481 e. The fraction of sp³-hybridized carbons (Fsp3) is 0.583. The quantitative estimate of drug-likeness (QED) is 0.412. The molecule has 15 nitrogen and oxygen atoms in total. The lowest BCUT2D eigenvalue weighted by atomic mass is 10.1. The molecule has 2 aromatic rings. The van der Waals surface area contributed by atoms with Gasteiger partial charge in [-0.2, -0.15) is 4.31 Å². The summed E-state index contributed by atoms with van der Waals surface area (Å²) in [4.78, 5) is 39.0. The van der Waals surface area contributed by atoms with E-state index in [9.17, 15) is 14.0 Å². The van der Waals surface area contributed by atoms with Crippen molar-refractivity contribution in [2.75, 3.05) is 12.3 Å². The van der Waals surface area contributed by atoms with E-state index in [1.807, 2.05) is 0 Å². The summed E-state index contributed by atoms with van der Waals surface area (Å²) in [6, 6.07) is 0. The molecule has 2 aliphatic rings. The van der Waals surface area contributed by atoms with E-state index in [4.69, 9.17) is 29.7 Å². The molecule has 0 spiro atoms. The van der Waals surface area contributed by atoms with Gasteiger partial charge in [0.15, 0.2) is 24.0 Å². The highest BCUT2D eigenvalue weighted by Gasteiger charge is 2.53. The maximum absolute atomic E-state index is 11.7. The Morgan fingerprint density at radius 3 is 2.62 bits per heavy atom. The molecule has 0 bridgehead atoms. The second-order valence-corrected chi connectivity index (χ2v) is 9.08. The molecule has 4 rings (SSSR count). The first-order chi connectivity index (χ1) is 13.5. The molecule has 6 atom stereocenters. The fourth-order valence-corrected chi connectivity index (χ4v) is 4.83. The minimum Gasteiger partial charge on any atom is -0.382 e. The Bertz CT molecular complexity index is 1010. The summed E-state index contributed by atoms with van der Waals surface area (Å²) in [5.41, 5.74) is 6.52. The molecule has 0 aromatic carbocycles. The third-order valence-corrected chi connectivity index (χ3v) is 6.41. The fourth-order valence-electron chi connectivity index (χ4n) is 3.23. The molecular formula is C12H17N5O10P2. The van der Waals surface area contributed by atoms with Crippen LogP contribution in [0.25, 0.3) is 11.2 Å². The van der Waals surface area contributed by atoms with Gasteiger partial charge in [0.05, 0.1) is 12.9 Å². The number of aromatic nitrogens is 4. The average Bonchev–Trinajstić information content (AvgIpc) is 3.25. The van der Waals surface area contributed by atoms with Crippen molar-refractivity contribution in [2.45, 2.75) is 37.8 Å². The van der Waals surface area contributed by atoms with Crippen LogP contribution in [0.15, 0.2) is 12.7 Å². The second kappa shape index (κ2) is 7.32. The first kappa shape index (κ1) is 20.8. The van der Waals surface area contributed by atoms with Gasteiger partial charge in [0.25, 0.3) is 0 Å². The normalized spacial score (nSPS) is 31.8. The van der Waals surface area contributed by atoms with Crippen LogP contribution in [-0.2, 0) is 32.2 Å². The van der Waals surface area contributed by atoms with E-state index in [1.165, 1.54) is 12.7 Å². The van der Waals surface area contributed by atoms with E-state index in [1.54, 1.807) is 11.5 Å². The van der Waals surface area contributed by atoms with Gasteiger partial charge < -0.3 is 34.6 Å².